The molecule has 1 rings (SSSR count). The van der Waals surface area contributed by atoms with Gasteiger partial charge in [0.1, 0.15) is 17.7 Å². The van der Waals surface area contributed by atoms with Gasteiger partial charge in [0.05, 0.1) is 0 Å². The van der Waals surface area contributed by atoms with Crippen LogP contribution in [-0.2, 0) is 14.3 Å². The van der Waals surface area contributed by atoms with Gasteiger partial charge in [-0.25, -0.2) is 4.79 Å². The first-order chi connectivity index (χ1) is 17.1. The van der Waals surface area contributed by atoms with Crippen LogP contribution in [0.4, 0.5) is 4.79 Å². The Labute approximate surface area is 228 Å². The number of thioether (sulfide) groups is 1. The molecule has 0 aliphatic carbocycles. The number of amides is 3. The molecule has 0 aromatic heterocycles. The lowest BCUT2D eigenvalue weighted by Crippen LogP contribution is -2.55. The highest BCUT2D eigenvalue weighted by Gasteiger charge is 2.37. The van der Waals surface area contributed by atoms with E-state index in [1.54, 1.807) is 37.4 Å². The van der Waals surface area contributed by atoms with E-state index in [0.717, 1.165) is 36.0 Å². The summed E-state index contributed by atoms with van der Waals surface area (Å²) in [5, 5.41) is 5.89. The van der Waals surface area contributed by atoms with Gasteiger partial charge in [0.2, 0.25) is 11.8 Å². The summed E-state index contributed by atoms with van der Waals surface area (Å²) in [6, 6.07) is 4.37. The van der Waals surface area contributed by atoms with Crippen molar-refractivity contribution < 1.29 is 19.1 Å². The maximum atomic E-state index is 14.2. The Kier molecular flexibility index (Phi) is 13.0. The van der Waals surface area contributed by atoms with Gasteiger partial charge in [-0.05, 0) is 85.8 Å². The van der Waals surface area contributed by atoms with E-state index < -0.39 is 29.3 Å². The van der Waals surface area contributed by atoms with Crippen LogP contribution in [0.5, 0.6) is 0 Å². The predicted molar refractivity (Wildman–Crippen MR) is 154 cm³/mol. The summed E-state index contributed by atoms with van der Waals surface area (Å²) in [4.78, 5) is 42.3. The van der Waals surface area contributed by atoms with Crippen molar-refractivity contribution in [2.24, 2.45) is 0 Å². The van der Waals surface area contributed by atoms with Crippen LogP contribution >= 0.6 is 11.8 Å². The zero-order valence-electron chi connectivity index (χ0n) is 24.6. The first-order valence-corrected chi connectivity index (χ1v) is 14.7. The third kappa shape index (κ3) is 12.2. The molecule has 7 nitrogen and oxygen atoms in total. The molecule has 2 atom stereocenters. The molecule has 2 unspecified atom stereocenters. The lowest BCUT2D eigenvalue weighted by atomic mass is 9.96. The number of hydrogen-bond donors (Lipinski definition) is 2. The molecule has 0 heterocycles. The summed E-state index contributed by atoms with van der Waals surface area (Å²) in [6.45, 7) is 17.6. The van der Waals surface area contributed by atoms with Crippen molar-refractivity contribution in [3.8, 4) is 0 Å². The monoisotopic (exact) mass is 535 g/mol. The summed E-state index contributed by atoms with van der Waals surface area (Å²) in [7, 11) is 0. The van der Waals surface area contributed by atoms with Gasteiger partial charge in [-0.1, -0.05) is 49.1 Å². The van der Waals surface area contributed by atoms with Gasteiger partial charge < -0.3 is 20.3 Å². The Morgan fingerprint density at radius 2 is 1.59 bits per heavy atom. The average molecular weight is 536 g/mol. The van der Waals surface area contributed by atoms with Crippen LogP contribution in [0.3, 0.4) is 0 Å². The van der Waals surface area contributed by atoms with E-state index in [9.17, 15) is 14.4 Å². The Balaban J connectivity index is 3.56. The molecule has 8 heteroatoms. The molecule has 0 spiro atoms. The van der Waals surface area contributed by atoms with Crippen LogP contribution in [-0.4, -0.2) is 58.5 Å². The van der Waals surface area contributed by atoms with Crippen LogP contribution in [0, 0.1) is 13.8 Å². The number of nitrogens with zero attached hydrogens (tertiary/aromatic N) is 1. The van der Waals surface area contributed by atoms with Gasteiger partial charge in [-0.15, -0.1) is 0 Å². The maximum Gasteiger partial charge on any atom is 0.408 e. The molecule has 0 bridgehead atoms. The highest BCUT2D eigenvalue weighted by molar-refractivity contribution is 7.98. The molecule has 0 radical (unpaired) electrons. The van der Waals surface area contributed by atoms with E-state index in [1.165, 1.54) is 0 Å². The second-order valence-electron chi connectivity index (χ2n) is 11.8. The van der Waals surface area contributed by atoms with Crippen molar-refractivity contribution in [1.29, 1.82) is 0 Å². The predicted octanol–water partition coefficient (Wildman–Crippen LogP) is 5.92. The molecule has 1 aromatic rings. The molecule has 1 aromatic carbocycles. The average Bonchev–Trinajstić information content (AvgIpc) is 2.72. The van der Waals surface area contributed by atoms with Gasteiger partial charge in [0, 0.05) is 12.1 Å². The first kappa shape index (κ1) is 32.8. The van der Waals surface area contributed by atoms with Crippen molar-refractivity contribution in [2.45, 2.75) is 111 Å². The van der Waals surface area contributed by atoms with Gasteiger partial charge in [0.15, 0.2) is 0 Å². The fourth-order valence-corrected chi connectivity index (χ4v) is 4.59. The summed E-state index contributed by atoms with van der Waals surface area (Å²) in [5.41, 5.74) is 1.65. The molecule has 37 heavy (non-hydrogen) atoms. The van der Waals surface area contributed by atoms with E-state index in [1.807, 2.05) is 53.0 Å². The number of nitrogens with one attached hydrogen (secondary N) is 2. The molecule has 3 amide bonds. The number of carbonyl (C=O) groups is 3. The number of carbonyl (C=O) groups excluding carboxylic acids is 3. The molecule has 0 saturated heterocycles. The van der Waals surface area contributed by atoms with E-state index in [2.05, 4.69) is 23.6 Å². The lowest BCUT2D eigenvalue weighted by molar-refractivity contribution is -0.143. The summed E-state index contributed by atoms with van der Waals surface area (Å²) < 4.78 is 5.46. The number of ether oxygens (including phenoxy) is 1. The quantitative estimate of drug-likeness (QED) is 0.324. The highest BCUT2D eigenvalue weighted by Crippen LogP contribution is 2.27. The largest absolute Gasteiger partial charge is 0.444 e. The van der Waals surface area contributed by atoms with Gasteiger partial charge in [0.25, 0.3) is 0 Å². The number of alkyl carbamates (subject to hydrolysis) is 1. The standard InChI is InChI=1S/C29H49N3O4S/c1-11-12-13-15-32(26(34)23(14-16-37-10)30-27(35)36-29(7,8)9)24(25(33)31-28(4,5)6)22-18-20(2)17-21(3)19-22/h17-19,23-24H,11-16H2,1-10H3,(H,30,35)(H,31,33). The Bertz CT molecular complexity index is 885. The minimum Gasteiger partial charge on any atom is -0.444 e. The number of aryl methyl sites for hydroxylation is 2. The van der Waals surface area contributed by atoms with E-state index in [4.69, 9.17) is 4.74 Å². The summed E-state index contributed by atoms with van der Waals surface area (Å²) in [6.07, 6.45) is 4.43. The minimum atomic E-state index is -0.820. The lowest BCUT2D eigenvalue weighted by Gasteiger charge is -2.36. The van der Waals surface area contributed by atoms with Crippen molar-refractivity contribution in [1.82, 2.24) is 15.5 Å². The number of hydrogen-bond acceptors (Lipinski definition) is 5. The summed E-state index contributed by atoms with van der Waals surface area (Å²) in [5.74, 6) is 0.171. The van der Waals surface area contributed by atoms with Gasteiger partial charge in [-0.2, -0.15) is 11.8 Å². The van der Waals surface area contributed by atoms with Crippen molar-refractivity contribution in [3.05, 3.63) is 34.9 Å². The van der Waals surface area contributed by atoms with E-state index >= 15 is 0 Å². The fraction of sp³-hybridized carbons (Fsp3) is 0.690. The Hall–Kier alpha value is -2.22. The summed E-state index contributed by atoms with van der Waals surface area (Å²) >= 11 is 1.60. The Morgan fingerprint density at radius 3 is 2.08 bits per heavy atom. The van der Waals surface area contributed by atoms with Crippen LogP contribution < -0.4 is 10.6 Å². The fourth-order valence-electron chi connectivity index (χ4n) is 4.12. The number of benzene rings is 1. The zero-order valence-corrected chi connectivity index (χ0v) is 25.4. The Morgan fingerprint density at radius 1 is 1.00 bits per heavy atom. The van der Waals surface area contributed by atoms with Crippen molar-refractivity contribution in [2.75, 3.05) is 18.6 Å². The molecule has 0 aliphatic heterocycles. The SMILES string of the molecule is CCCCCN(C(=O)C(CCSC)NC(=O)OC(C)(C)C)C(C(=O)NC(C)(C)C)c1cc(C)cc(C)c1. The van der Waals surface area contributed by atoms with Crippen LogP contribution in [0.1, 0.15) is 96.9 Å². The molecular formula is C29H49N3O4S. The normalized spacial score (nSPS) is 13.5. The second kappa shape index (κ2) is 14.6. The topological polar surface area (TPSA) is 87.7 Å². The van der Waals surface area contributed by atoms with E-state index in [0.29, 0.717) is 18.7 Å². The van der Waals surface area contributed by atoms with Gasteiger partial charge in [-0.3, -0.25) is 9.59 Å². The minimum absolute atomic E-state index is 0.233. The molecule has 0 aliphatic rings. The highest BCUT2D eigenvalue weighted by atomic mass is 32.2. The van der Waals surface area contributed by atoms with Crippen LogP contribution in [0.25, 0.3) is 0 Å². The molecule has 210 valence electrons. The molecule has 2 N–H and O–H groups in total. The molecular weight excluding hydrogens is 486 g/mol. The van der Waals surface area contributed by atoms with E-state index in [-0.39, 0.29) is 11.8 Å². The second-order valence-corrected chi connectivity index (χ2v) is 12.8. The molecule has 0 saturated carbocycles. The smallest absolute Gasteiger partial charge is 0.408 e. The third-order valence-electron chi connectivity index (χ3n) is 5.50. The van der Waals surface area contributed by atoms with Crippen molar-refractivity contribution in [3.63, 3.8) is 0 Å². The number of rotatable bonds is 12. The van der Waals surface area contributed by atoms with Crippen LogP contribution in [0.2, 0.25) is 0 Å². The van der Waals surface area contributed by atoms with Crippen LogP contribution in [0.15, 0.2) is 18.2 Å². The maximum absolute atomic E-state index is 14.2. The zero-order chi connectivity index (χ0) is 28.4. The first-order valence-electron chi connectivity index (χ1n) is 13.3. The number of unbranched alkanes of at least 4 members (excludes halogenated alkanes) is 2. The van der Waals surface area contributed by atoms with Gasteiger partial charge >= 0.3 is 6.09 Å². The third-order valence-corrected chi connectivity index (χ3v) is 6.15. The van der Waals surface area contributed by atoms with Crippen molar-refractivity contribution >= 4 is 29.7 Å². The molecule has 0 fully saturated rings.